The van der Waals surface area contributed by atoms with Gasteiger partial charge in [-0.25, -0.2) is 0 Å². The van der Waals surface area contributed by atoms with Gasteiger partial charge in [-0.15, -0.1) is 5.10 Å². The van der Waals surface area contributed by atoms with Crippen LogP contribution < -0.4 is 0 Å². The van der Waals surface area contributed by atoms with Crippen LogP contribution in [0.4, 0.5) is 0 Å². The third kappa shape index (κ3) is 3.40. The molecule has 0 saturated carbocycles. The minimum atomic E-state index is -0.0129. The molecular weight excluding hydrogens is 362 g/mol. The SMILES string of the molecule is Cc1nnsc1C(=O)N1CCCC12CCCN(Cc1c(C)noc1C)CC2. The summed E-state index contributed by atoms with van der Waals surface area (Å²) < 4.78 is 9.28. The first-order chi connectivity index (χ1) is 13.0. The second-order valence-corrected chi connectivity index (χ2v) is 8.66. The predicted octanol–water partition coefficient (Wildman–Crippen LogP) is 3.11. The lowest BCUT2D eigenvalue weighted by molar-refractivity contribution is 0.0562. The van der Waals surface area contributed by atoms with Crippen molar-refractivity contribution < 1.29 is 9.32 Å². The van der Waals surface area contributed by atoms with Gasteiger partial charge in [-0.05, 0) is 71.0 Å². The Bertz CT molecular complexity index is 812. The van der Waals surface area contributed by atoms with Gasteiger partial charge in [-0.3, -0.25) is 9.69 Å². The molecule has 2 aliphatic heterocycles. The minimum absolute atomic E-state index is 0.0129. The van der Waals surface area contributed by atoms with E-state index in [2.05, 4.69) is 24.5 Å². The highest BCUT2D eigenvalue weighted by molar-refractivity contribution is 7.07. The van der Waals surface area contributed by atoms with Crippen LogP contribution in [0.3, 0.4) is 0 Å². The maximum absolute atomic E-state index is 13.2. The molecule has 2 aliphatic rings. The molecule has 1 spiro atoms. The summed E-state index contributed by atoms with van der Waals surface area (Å²) in [6.45, 7) is 9.63. The third-order valence-electron chi connectivity index (χ3n) is 6.26. The van der Waals surface area contributed by atoms with Crippen LogP contribution in [-0.4, -0.2) is 55.6 Å². The Morgan fingerprint density at radius 1 is 1.11 bits per heavy atom. The molecule has 2 aromatic heterocycles. The van der Waals surface area contributed by atoms with E-state index < -0.39 is 0 Å². The fraction of sp³-hybridized carbons (Fsp3) is 0.684. The van der Waals surface area contributed by atoms with Crippen LogP contribution >= 0.6 is 11.5 Å². The molecule has 0 aromatic carbocycles. The van der Waals surface area contributed by atoms with E-state index in [4.69, 9.17) is 4.52 Å². The van der Waals surface area contributed by atoms with E-state index in [9.17, 15) is 4.79 Å². The van der Waals surface area contributed by atoms with Gasteiger partial charge in [0.1, 0.15) is 10.6 Å². The Kier molecular flexibility index (Phi) is 5.03. The lowest BCUT2D eigenvalue weighted by atomic mass is 9.87. The van der Waals surface area contributed by atoms with Crippen LogP contribution in [0.25, 0.3) is 0 Å². The Labute approximate surface area is 163 Å². The number of carbonyl (C=O) groups is 1. The van der Waals surface area contributed by atoms with Gasteiger partial charge in [0, 0.05) is 30.7 Å². The highest BCUT2D eigenvalue weighted by atomic mass is 32.1. The third-order valence-corrected chi connectivity index (χ3v) is 7.08. The van der Waals surface area contributed by atoms with Gasteiger partial charge < -0.3 is 9.42 Å². The van der Waals surface area contributed by atoms with Crippen molar-refractivity contribution in [3.8, 4) is 0 Å². The largest absolute Gasteiger partial charge is 0.361 e. The summed E-state index contributed by atoms with van der Waals surface area (Å²) in [6.07, 6.45) is 5.38. The molecule has 27 heavy (non-hydrogen) atoms. The van der Waals surface area contributed by atoms with E-state index in [0.29, 0.717) is 4.88 Å². The molecule has 0 radical (unpaired) electrons. The Hall–Kier alpha value is -1.80. The number of likely N-dealkylation sites (tertiary alicyclic amines) is 2. The number of rotatable bonds is 3. The number of hydrogen-bond acceptors (Lipinski definition) is 7. The summed E-state index contributed by atoms with van der Waals surface area (Å²) in [6, 6.07) is 0. The number of carbonyl (C=O) groups excluding carboxylic acids is 1. The summed E-state index contributed by atoms with van der Waals surface area (Å²) >= 11 is 1.22. The van der Waals surface area contributed by atoms with Crippen molar-refractivity contribution in [2.24, 2.45) is 0 Å². The van der Waals surface area contributed by atoms with E-state index in [-0.39, 0.29) is 11.4 Å². The number of aromatic nitrogens is 3. The Balaban J connectivity index is 1.49. The van der Waals surface area contributed by atoms with E-state index in [1.807, 2.05) is 20.8 Å². The van der Waals surface area contributed by atoms with Crippen molar-refractivity contribution in [1.82, 2.24) is 24.5 Å². The predicted molar refractivity (Wildman–Crippen MR) is 103 cm³/mol. The number of hydrogen-bond donors (Lipinski definition) is 0. The van der Waals surface area contributed by atoms with Crippen LogP contribution in [0.2, 0.25) is 0 Å². The van der Waals surface area contributed by atoms with Crippen molar-refractivity contribution in [2.45, 2.75) is 65.0 Å². The van der Waals surface area contributed by atoms with Crippen LogP contribution in [0.5, 0.6) is 0 Å². The molecular formula is C19H27N5O2S. The smallest absolute Gasteiger partial charge is 0.267 e. The van der Waals surface area contributed by atoms with Crippen LogP contribution in [0.15, 0.2) is 4.52 Å². The van der Waals surface area contributed by atoms with Gasteiger partial charge in [0.05, 0.1) is 11.4 Å². The van der Waals surface area contributed by atoms with Gasteiger partial charge in [0.2, 0.25) is 0 Å². The molecule has 4 heterocycles. The van der Waals surface area contributed by atoms with Crippen molar-refractivity contribution in [2.75, 3.05) is 19.6 Å². The second-order valence-electron chi connectivity index (χ2n) is 7.90. The fourth-order valence-electron chi connectivity index (χ4n) is 4.67. The molecule has 146 valence electrons. The highest BCUT2D eigenvalue weighted by Crippen LogP contribution is 2.40. The summed E-state index contributed by atoms with van der Waals surface area (Å²) in [5.74, 6) is 1.04. The zero-order valence-corrected chi connectivity index (χ0v) is 17.1. The Morgan fingerprint density at radius 3 is 2.56 bits per heavy atom. The lowest BCUT2D eigenvalue weighted by Gasteiger charge is -2.38. The molecule has 0 aliphatic carbocycles. The molecule has 0 bridgehead atoms. The number of aryl methyl sites for hydroxylation is 3. The van der Waals surface area contributed by atoms with Gasteiger partial charge in [0.15, 0.2) is 0 Å². The minimum Gasteiger partial charge on any atom is -0.361 e. The summed E-state index contributed by atoms with van der Waals surface area (Å²) in [5, 5.41) is 8.11. The van der Waals surface area contributed by atoms with E-state index in [1.165, 1.54) is 17.1 Å². The molecule has 2 saturated heterocycles. The standard InChI is InChI=1S/C19H27N5O2S/c1-13-16(15(3)26-21-13)12-23-9-4-6-19(8-11-23)7-5-10-24(19)18(25)17-14(2)20-22-27-17/h4-12H2,1-3H3. The monoisotopic (exact) mass is 389 g/mol. The maximum Gasteiger partial charge on any atom is 0.267 e. The van der Waals surface area contributed by atoms with E-state index in [0.717, 1.165) is 75.4 Å². The first-order valence-electron chi connectivity index (χ1n) is 9.75. The molecule has 0 N–H and O–H groups in total. The average Bonchev–Trinajstić information content (AvgIpc) is 3.29. The zero-order valence-electron chi connectivity index (χ0n) is 16.3. The lowest BCUT2D eigenvalue weighted by Crippen LogP contribution is -2.47. The summed E-state index contributed by atoms with van der Waals surface area (Å²) in [4.78, 5) is 18.5. The molecule has 1 atom stereocenters. The quantitative estimate of drug-likeness (QED) is 0.803. The van der Waals surface area contributed by atoms with E-state index >= 15 is 0 Å². The average molecular weight is 390 g/mol. The second kappa shape index (κ2) is 7.31. The van der Waals surface area contributed by atoms with Gasteiger partial charge >= 0.3 is 0 Å². The normalized spacial score (nSPS) is 23.9. The first kappa shape index (κ1) is 18.6. The summed E-state index contributed by atoms with van der Waals surface area (Å²) in [5.41, 5.74) is 2.93. The zero-order chi connectivity index (χ0) is 19.0. The Morgan fingerprint density at radius 2 is 1.89 bits per heavy atom. The van der Waals surface area contributed by atoms with Crippen LogP contribution in [0, 0.1) is 20.8 Å². The summed E-state index contributed by atoms with van der Waals surface area (Å²) in [7, 11) is 0. The fourth-order valence-corrected chi connectivity index (χ4v) is 5.28. The molecule has 2 fully saturated rings. The molecule has 1 unspecified atom stereocenters. The van der Waals surface area contributed by atoms with Crippen LogP contribution in [-0.2, 0) is 6.54 Å². The van der Waals surface area contributed by atoms with E-state index in [1.54, 1.807) is 0 Å². The topological polar surface area (TPSA) is 75.4 Å². The van der Waals surface area contributed by atoms with Crippen molar-refractivity contribution >= 4 is 17.4 Å². The molecule has 4 rings (SSSR count). The maximum atomic E-state index is 13.2. The van der Waals surface area contributed by atoms with Gasteiger partial charge in [0.25, 0.3) is 5.91 Å². The molecule has 1 amide bonds. The molecule has 7 nitrogen and oxygen atoms in total. The van der Waals surface area contributed by atoms with Crippen LogP contribution in [0.1, 0.15) is 64.5 Å². The number of nitrogens with zero attached hydrogens (tertiary/aromatic N) is 5. The highest BCUT2D eigenvalue weighted by Gasteiger charge is 2.45. The van der Waals surface area contributed by atoms with Crippen molar-refractivity contribution in [3.63, 3.8) is 0 Å². The van der Waals surface area contributed by atoms with Crippen molar-refractivity contribution in [3.05, 3.63) is 27.6 Å². The first-order valence-corrected chi connectivity index (χ1v) is 10.5. The van der Waals surface area contributed by atoms with Gasteiger partial charge in [-0.1, -0.05) is 9.64 Å². The molecule has 8 heteroatoms. The van der Waals surface area contributed by atoms with Gasteiger partial charge in [-0.2, -0.15) is 0 Å². The number of amides is 1. The van der Waals surface area contributed by atoms with Crippen molar-refractivity contribution in [1.29, 1.82) is 0 Å². The molecule has 2 aromatic rings.